The van der Waals surface area contributed by atoms with Crippen LogP contribution in [0.5, 0.6) is 0 Å². The Kier molecular flexibility index (Phi) is 9.62. The molecule has 0 spiro atoms. The lowest BCUT2D eigenvalue weighted by molar-refractivity contribution is -0.132. The quantitative estimate of drug-likeness (QED) is 0.665. The fourth-order valence-corrected chi connectivity index (χ4v) is 6.24. The Balaban J connectivity index is 0.00000364. The van der Waals surface area contributed by atoms with Gasteiger partial charge in [-0.05, 0) is 51.2 Å². The van der Waals surface area contributed by atoms with Crippen LogP contribution in [0.2, 0.25) is 0 Å². The molecule has 27 heavy (non-hydrogen) atoms. The van der Waals surface area contributed by atoms with Gasteiger partial charge < -0.3 is 10.6 Å². The number of amides is 1. The van der Waals surface area contributed by atoms with E-state index in [0.717, 1.165) is 19.4 Å². The molecule has 0 radical (unpaired) electrons. The number of sulfone groups is 1. The zero-order valence-corrected chi connectivity index (χ0v) is 18.7. The lowest BCUT2D eigenvalue weighted by atomic mass is 9.92. The van der Waals surface area contributed by atoms with E-state index in [4.69, 9.17) is 5.73 Å². The third-order valence-corrected chi connectivity index (χ3v) is 8.09. The number of nitrogens with zero attached hydrogens (tertiary/aromatic N) is 1. The first kappa shape index (κ1) is 24.3. The topological polar surface area (TPSA) is 80.5 Å². The fourth-order valence-electron chi connectivity index (χ4n) is 3.32. The summed E-state index contributed by atoms with van der Waals surface area (Å²) in [5, 5.41) is -0.334. The van der Waals surface area contributed by atoms with Crippen LogP contribution in [0.15, 0.2) is 34.1 Å². The normalized spacial score (nSPS) is 19.9. The van der Waals surface area contributed by atoms with Crippen LogP contribution >= 0.6 is 24.2 Å². The number of rotatable bonds is 7. The molecule has 0 aromatic heterocycles. The van der Waals surface area contributed by atoms with Gasteiger partial charge in [-0.3, -0.25) is 4.79 Å². The molecule has 8 heteroatoms. The Bertz CT molecular complexity index is 725. The van der Waals surface area contributed by atoms with Crippen LogP contribution in [0.1, 0.15) is 40.0 Å². The largest absolute Gasteiger partial charge is 0.341 e. The van der Waals surface area contributed by atoms with Crippen LogP contribution < -0.4 is 5.73 Å². The number of benzene rings is 1. The molecule has 1 saturated heterocycles. The number of carbonyl (C=O) groups excluding carboxylic acids is 1. The fraction of sp³-hybridized carbons (Fsp3) is 0.632. The molecule has 1 aromatic rings. The maximum Gasteiger partial charge on any atom is 0.235 e. The zero-order chi connectivity index (χ0) is 19.3. The molecule has 1 amide bonds. The Morgan fingerprint density at radius 3 is 2.63 bits per heavy atom. The first-order chi connectivity index (χ1) is 12.3. The van der Waals surface area contributed by atoms with Crippen molar-refractivity contribution in [1.29, 1.82) is 0 Å². The summed E-state index contributed by atoms with van der Waals surface area (Å²) in [6.45, 7) is 7.14. The molecule has 0 saturated carbocycles. The lowest BCUT2D eigenvalue weighted by Crippen LogP contribution is -2.47. The van der Waals surface area contributed by atoms with E-state index in [1.165, 1.54) is 11.8 Å². The highest BCUT2D eigenvalue weighted by Gasteiger charge is 2.29. The van der Waals surface area contributed by atoms with E-state index in [-0.39, 0.29) is 35.4 Å². The van der Waals surface area contributed by atoms with Crippen molar-refractivity contribution in [2.45, 2.75) is 61.1 Å². The molecule has 154 valence electrons. The predicted molar refractivity (Wildman–Crippen MR) is 114 cm³/mol. The first-order valence-corrected chi connectivity index (χ1v) is 11.8. The SMILES string of the molecule is CCCS(=O)(=O)c1ccccc1SC(C)C(=O)N1CCCC(C(C)N)C1.Cl. The molecule has 2 rings (SSSR count). The van der Waals surface area contributed by atoms with Crippen molar-refractivity contribution < 1.29 is 13.2 Å². The number of halogens is 1. The maximum atomic E-state index is 12.9. The summed E-state index contributed by atoms with van der Waals surface area (Å²) in [5.74, 6) is 0.514. The van der Waals surface area contributed by atoms with Gasteiger partial charge in [-0.15, -0.1) is 24.2 Å². The van der Waals surface area contributed by atoms with Crippen molar-refractivity contribution in [2.75, 3.05) is 18.8 Å². The second-order valence-electron chi connectivity index (χ2n) is 7.07. The summed E-state index contributed by atoms with van der Waals surface area (Å²) in [6, 6.07) is 7.05. The number of likely N-dealkylation sites (tertiary alicyclic amines) is 1. The molecule has 0 aliphatic carbocycles. The zero-order valence-electron chi connectivity index (χ0n) is 16.3. The molecule has 1 aliphatic rings. The van der Waals surface area contributed by atoms with Crippen LogP contribution in [0.4, 0.5) is 0 Å². The van der Waals surface area contributed by atoms with Crippen molar-refractivity contribution in [3.05, 3.63) is 24.3 Å². The lowest BCUT2D eigenvalue weighted by Gasteiger charge is -2.36. The van der Waals surface area contributed by atoms with Crippen LogP contribution in [0.3, 0.4) is 0 Å². The monoisotopic (exact) mass is 434 g/mol. The van der Waals surface area contributed by atoms with Crippen LogP contribution in [0, 0.1) is 5.92 Å². The maximum absolute atomic E-state index is 12.9. The number of piperidine rings is 1. The first-order valence-electron chi connectivity index (χ1n) is 9.29. The van der Waals surface area contributed by atoms with E-state index in [1.54, 1.807) is 18.2 Å². The summed E-state index contributed by atoms with van der Waals surface area (Å²) >= 11 is 1.33. The van der Waals surface area contributed by atoms with Gasteiger partial charge in [-0.25, -0.2) is 8.42 Å². The van der Waals surface area contributed by atoms with E-state index in [1.807, 2.05) is 31.7 Å². The summed E-state index contributed by atoms with van der Waals surface area (Å²) in [4.78, 5) is 15.7. The minimum absolute atomic E-state index is 0. The molecule has 2 N–H and O–H groups in total. The Morgan fingerprint density at radius 1 is 1.33 bits per heavy atom. The minimum atomic E-state index is -3.32. The molecule has 1 fully saturated rings. The number of hydrogen-bond acceptors (Lipinski definition) is 5. The summed E-state index contributed by atoms with van der Waals surface area (Å²) < 4.78 is 25.0. The van der Waals surface area contributed by atoms with Gasteiger partial charge in [0.15, 0.2) is 9.84 Å². The van der Waals surface area contributed by atoms with E-state index in [9.17, 15) is 13.2 Å². The minimum Gasteiger partial charge on any atom is -0.341 e. The predicted octanol–water partition coefficient (Wildman–Crippen LogP) is 3.36. The number of nitrogens with two attached hydrogens (primary N) is 1. The van der Waals surface area contributed by atoms with Gasteiger partial charge in [0.2, 0.25) is 5.91 Å². The van der Waals surface area contributed by atoms with Gasteiger partial charge in [0.25, 0.3) is 0 Å². The van der Waals surface area contributed by atoms with Crippen molar-refractivity contribution in [3.63, 3.8) is 0 Å². The van der Waals surface area contributed by atoms with Crippen LogP contribution in [-0.2, 0) is 14.6 Å². The number of thioether (sulfide) groups is 1. The molecule has 1 aromatic carbocycles. The standard InChI is InChI=1S/C19H30N2O3S2.ClH/c1-4-12-26(23,24)18-10-6-5-9-17(18)25-15(3)19(22)21-11-7-8-16(13-21)14(2)20;/h5-6,9-10,14-16H,4,7-8,11-13,20H2,1-3H3;1H. The molecule has 0 bridgehead atoms. The highest BCUT2D eigenvalue weighted by Crippen LogP contribution is 2.32. The van der Waals surface area contributed by atoms with Gasteiger partial charge in [0.1, 0.15) is 0 Å². The number of hydrogen-bond donors (Lipinski definition) is 1. The van der Waals surface area contributed by atoms with Crippen molar-refractivity contribution >= 4 is 39.9 Å². The number of carbonyl (C=O) groups is 1. The summed E-state index contributed by atoms with van der Waals surface area (Å²) in [6.07, 6.45) is 2.60. The van der Waals surface area contributed by atoms with Crippen LogP contribution in [-0.4, -0.2) is 49.4 Å². The van der Waals surface area contributed by atoms with E-state index in [0.29, 0.717) is 28.7 Å². The smallest absolute Gasteiger partial charge is 0.235 e. The van der Waals surface area contributed by atoms with Crippen LogP contribution in [0.25, 0.3) is 0 Å². The molecular weight excluding hydrogens is 404 g/mol. The van der Waals surface area contributed by atoms with E-state index in [2.05, 4.69) is 0 Å². The molecular formula is C19H31ClN2O3S2. The average Bonchev–Trinajstić information content (AvgIpc) is 2.61. The third kappa shape index (κ3) is 6.38. The molecule has 1 aliphatic heterocycles. The van der Waals surface area contributed by atoms with Gasteiger partial charge in [-0.1, -0.05) is 19.1 Å². The average molecular weight is 435 g/mol. The molecule has 1 heterocycles. The van der Waals surface area contributed by atoms with Crippen molar-refractivity contribution in [2.24, 2.45) is 11.7 Å². The highest BCUT2D eigenvalue weighted by molar-refractivity contribution is 8.01. The molecule has 3 unspecified atom stereocenters. The highest BCUT2D eigenvalue weighted by atomic mass is 35.5. The van der Waals surface area contributed by atoms with E-state index < -0.39 is 9.84 Å². The van der Waals surface area contributed by atoms with Gasteiger partial charge in [0, 0.05) is 24.0 Å². The van der Waals surface area contributed by atoms with Gasteiger partial charge >= 0.3 is 0 Å². The van der Waals surface area contributed by atoms with E-state index >= 15 is 0 Å². The second kappa shape index (κ2) is 10.7. The summed E-state index contributed by atoms with van der Waals surface area (Å²) in [7, 11) is -3.32. The third-order valence-electron chi connectivity index (χ3n) is 4.82. The molecule has 3 atom stereocenters. The molecule has 5 nitrogen and oxygen atoms in total. The summed E-state index contributed by atoms with van der Waals surface area (Å²) in [5.41, 5.74) is 6.02. The van der Waals surface area contributed by atoms with Gasteiger partial charge in [0.05, 0.1) is 15.9 Å². The Hall–Kier alpha value is -0.760. The Labute approximate surface area is 173 Å². The Morgan fingerprint density at radius 2 is 2.00 bits per heavy atom. The van der Waals surface area contributed by atoms with Crippen molar-refractivity contribution in [3.8, 4) is 0 Å². The second-order valence-corrected chi connectivity index (χ2v) is 10.5. The van der Waals surface area contributed by atoms with Crippen molar-refractivity contribution in [1.82, 2.24) is 4.90 Å². The van der Waals surface area contributed by atoms with Gasteiger partial charge in [-0.2, -0.15) is 0 Å².